The highest BCUT2D eigenvalue weighted by atomic mass is 31.2. The molecule has 0 aliphatic heterocycles. The summed E-state index contributed by atoms with van der Waals surface area (Å²) in [7, 11) is -9.92. The van der Waals surface area contributed by atoms with Crippen LogP contribution < -0.4 is 0 Å². The van der Waals surface area contributed by atoms with Crippen LogP contribution in [0.2, 0.25) is 0 Å². The molecule has 3 N–H and O–H groups in total. The van der Waals surface area contributed by atoms with Gasteiger partial charge in [-0.2, -0.15) is 0 Å². The van der Waals surface area contributed by atoms with Crippen LogP contribution in [0.15, 0.2) is 0 Å². The second kappa shape index (κ2) is 74.9. The van der Waals surface area contributed by atoms with Gasteiger partial charge in [-0.15, -0.1) is 0 Å². The number of unbranched alkanes of at least 4 members (excludes halogenated alkanes) is 53. The van der Waals surface area contributed by atoms with Crippen molar-refractivity contribution in [3.8, 4) is 0 Å². The van der Waals surface area contributed by atoms with Crippen molar-refractivity contribution < 1.29 is 80.2 Å². The zero-order chi connectivity index (χ0) is 74.1. The summed E-state index contributed by atoms with van der Waals surface area (Å²) < 4.78 is 68.7. The standard InChI is InChI=1S/C82H160O17P2/c1-6-10-13-16-19-22-25-26-27-28-32-35-38-42-46-51-56-61-66-80(85)93-72-78(99-82(87)68-63-58-53-48-43-39-36-33-30-29-31-34-37-41-44-49-54-59-64-75(5)9-4)74-97-101(90,91)95-70-76(83)69-94-100(88,89)96-73-77(71-92-79(84)65-60-55-50-45-24-21-18-15-12-8-3)98-81(86)67-62-57-52-47-40-23-20-17-14-11-7-2/h75-78,83H,6-74H2,1-5H3,(H,88,89)(H,90,91)/t75?,76-,77+,78+/m0/s1. The van der Waals surface area contributed by atoms with Gasteiger partial charge >= 0.3 is 39.5 Å². The fraction of sp³-hybridized carbons (Fsp3) is 0.951. The monoisotopic (exact) mass is 1480 g/mol. The highest BCUT2D eigenvalue weighted by Crippen LogP contribution is 2.45. The van der Waals surface area contributed by atoms with E-state index in [4.69, 9.17) is 37.0 Å². The van der Waals surface area contributed by atoms with E-state index in [1.165, 1.54) is 263 Å². The number of rotatable bonds is 82. The Labute approximate surface area is 619 Å². The van der Waals surface area contributed by atoms with Crippen molar-refractivity contribution in [1.29, 1.82) is 0 Å². The van der Waals surface area contributed by atoms with Crippen molar-refractivity contribution in [2.45, 2.75) is 457 Å². The maximum atomic E-state index is 13.1. The summed E-state index contributed by atoms with van der Waals surface area (Å²) in [5.41, 5.74) is 0. The van der Waals surface area contributed by atoms with Crippen LogP contribution in [0.5, 0.6) is 0 Å². The predicted octanol–water partition coefficient (Wildman–Crippen LogP) is 24.8. The highest BCUT2D eigenvalue weighted by Gasteiger charge is 2.30. The van der Waals surface area contributed by atoms with E-state index in [2.05, 4.69) is 34.6 Å². The average Bonchev–Trinajstić information content (AvgIpc) is 0.961. The molecule has 6 atom stereocenters. The third-order valence-corrected chi connectivity index (χ3v) is 21.5. The topological polar surface area (TPSA) is 237 Å². The van der Waals surface area contributed by atoms with Gasteiger partial charge < -0.3 is 33.8 Å². The molecule has 0 spiro atoms. The molecule has 0 radical (unpaired) electrons. The second-order valence-corrected chi connectivity index (χ2v) is 32.7. The molecule has 0 aromatic rings. The molecule has 0 aliphatic carbocycles. The van der Waals surface area contributed by atoms with E-state index in [1.807, 2.05) is 0 Å². The van der Waals surface area contributed by atoms with Crippen molar-refractivity contribution in [3.63, 3.8) is 0 Å². The third-order valence-electron chi connectivity index (χ3n) is 19.6. The lowest BCUT2D eigenvalue weighted by Crippen LogP contribution is -2.30. The molecule has 0 aromatic carbocycles. The van der Waals surface area contributed by atoms with E-state index in [0.29, 0.717) is 25.7 Å². The summed E-state index contributed by atoms with van der Waals surface area (Å²) in [6.45, 7) is 7.39. The Bertz CT molecular complexity index is 1930. The Morgan fingerprint density at radius 3 is 0.703 bits per heavy atom. The van der Waals surface area contributed by atoms with Crippen LogP contribution in [0.1, 0.15) is 439 Å². The smallest absolute Gasteiger partial charge is 0.462 e. The predicted molar refractivity (Wildman–Crippen MR) is 414 cm³/mol. The largest absolute Gasteiger partial charge is 0.472 e. The first-order valence-electron chi connectivity index (χ1n) is 42.7. The molecule has 0 saturated heterocycles. The van der Waals surface area contributed by atoms with E-state index in [-0.39, 0.29) is 25.7 Å². The van der Waals surface area contributed by atoms with Crippen LogP contribution in [-0.2, 0) is 65.4 Å². The Hall–Kier alpha value is -1.94. The molecule has 0 aromatic heterocycles. The van der Waals surface area contributed by atoms with E-state index in [0.717, 1.165) is 95.8 Å². The van der Waals surface area contributed by atoms with Crippen molar-refractivity contribution >= 4 is 39.5 Å². The Morgan fingerprint density at radius 1 is 0.277 bits per heavy atom. The van der Waals surface area contributed by atoms with E-state index in [9.17, 15) is 43.2 Å². The minimum absolute atomic E-state index is 0.108. The van der Waals surface area contributed by atoms with Crippen LogP contribution in [0, 0.1) is 5.92 Å². The first-order valence-corrected chi connectivity index (χ1v) is 45.7. The quantitative estimate of drug-likeness (QED) is 0.0222. The fourth-order valence-electron chi connectivity index (χ4n) is 12.7. The number of carbonyl (C=O) groups is 4. The van der Waals surface area contributed by atoms with Gasteiger partial charge in [-0.1, -0.05) is 388 Å². The van der Waals surface area contributed by atoms with Crippen molar-refractivity contribution in [3.05, 3.63) is 0 Å². The first kappa shape index (κ1) is 99.1. The van der Waals surface area contributed by atoms with Crippen molar-refractivity contribution in [1.82, 2.24) is 0 Å². The summed E-state index contributed by atoms with van der Waals surface area (Å²) in [5.74, 6) is -1.23. The number of hydrogen-bond acceptors (Lipinski definition) is 15. The van der Waals surface area contributed by atoms with Crippen molar-refractivity contribution in [2.24, 2.45) is 5.92 Å². The molecule has 101 heavy (non-hydrogen) atoms. The Kier molecular flexibility index (Phi) is 73.5. The maximum absolute atomic E-state index is 13.1. The van der Waals surface area contributed by atoms with Gasteiger partial charge in [0.05, 0.1) is 26.4 Å². The molecule has 600 valence electrons. The molecular formula is C82H160O17P2. The van der Waals surface area contributed by atoms with Crippen LogP contribution in [0.25, 0.3) is 0 Å². The minimum atomic E-state index is -4.96. The van der Waals surface area contributed by atoms with Crippen LogP contribution in [0.4, 0.5) is 0 Å². The lowest BCUT2D eigenvalue weighted by molar-refractivity contribution is -0.161. The van der Waals surface area contributed by atoms with Crippen LogP contribution in [0.3, 0.4) is 0 Å². The molecular weight excluding hydrogens is 1320 g/mol. The van der Waals surface area contributed by atoms with Gasteiger partial charge in [0.1, 0.15) is 19.3 Å². The zero-order valence-electron chi connectivity index (χ0n) is 66.1. The first-order chi connectivity index (χ1) is 49.1. The SMILES string of the molecule is CCCCCCCCCCCCCCCCCCCCC(=O)OC[C@H](COP(=O)(O)OC[C@@H](O)COP(=O)(O)OC[C@@H](COC(=O)CCCCCCCCCCCC)OC(=O)CCCCCCCCCCCCC)OC(=O)CCCCCCCCCCCCCCCCCCCCC(C)CC. The van der Waals surface area contributed by atoms with Gasteiger partial charge in [-0.3, -0.25) is 37.3 Å². The normalized spacial score (nSPS) is 14.1. The average molecular weight is 1480 g/mol. The minimum Gasteiger partial charge on any atom is -0.462 e. The number of aliphatic hydroxyl groups excluding tert-OH is 1. The summed E-state index contributed by atoms with van der Waals surface area (Å²) in [5, 5.41) is 10.6. The third kappa shape index (κ3) is 74.7. The molecule has 0 rings (SSSR count). The Morgan fingerprint density at radius 2 is 0.475 bits per heavy atom. The van der Waals surface area contributed by atoms with Crippen molar-refractivity contribution in [2.75, 3.05) is 39.6 Å². The number of ether oxygens (including phenoxy) is 4. The number of carbonyl (C=O) groups excluding carboxylic acids is 4. The zero-order valence-corrected chi connectivity index (χ0v) is 67.8. The highest BCUT2D eigenvalue weighted by molar-refractivity contribution is 7.47. The number of aliphatic hydroxyl groups is 1. The molecule has 19 heteroatoms. The molecule has 0 amide bonds. The van der Waals surface area contributed by atoms with Crippen LogP contribution in [-0.4, -0.2) is 96.7 Å². The molecule has 0 bridgehead atoms. The summed E-state index contributed by atoms with van der Waals surface area (Å²) in [6.07, 6.45) is 66.6. The van der Waals surface area contributed by atoms with Gasteiger partial charge in [0.2, 0.25) is 0 Å². The second-order valence-electron chi connectivity index (χ2n) is 29.8. The molecule has 0 aliphatic rings. The summed E-state index contributed by atoms with van der Waals surface area (Å²) >= 11 is 0. The van der Waals surface area contributed by atoms with E-state index < -0.39 is 97.5 Å². The van der Waals surface area contributed by atoms with Gasteiger partial charge in [-0.25, -0.2) is 9.13 Å². The van der Waals surface area contributed by atoms with E-state index >= 15 is 0 Å². The van der Waals surface area contributed by atoms with Crippen LogP contribution >= 0.6 is 15.6 Å². The molecule has 0 heterocycles. The number of phosphoric ester groups is 2. The molecule has 0 fully saturated rings. The lowest BCUT2D eigenvalue weighted by atomic mass is 9.99. The van der Waals surface area contributed by atoms with E-state index in [1.54, 1.807) is 0 Å². The summed E-state index contributed by atoms with van der Waals surface area (Å²) in [4.78, 5) is 73.0. The lowest BCUT2D eigenvalue weighted by Gasteiger charge is -2.21. The number of hydrogen-bond donors (Lipinski definition) is 3. The molecule has 0 saturated carbocycles. The number of phosphoric acid groups is 2. The van der Waals surface area contributed by atoms with Gasteiger partial charge in [0.25, 0.3) is 0 Å². The van der Waals surface area contributed by atoms with Gasteiger partial charge in [0, 0.05) is 25.7 Å². The maximum Gasteiger partial charge on any atom is 0.472 e. The number of esters is 4. The van der Waals surface area contributed by atoms with Gasteiger partial charge in [-0.05, 0) is 31.6 Å². The fourth-order valence-corrected chi connectivity index (χ4v) is 14.3. The molecule has 17 nitrogen and oxygen atoms in total. The van der Waals surface area contributed by atoms with Gasteiger partial charge in [0.15, 0.2) is 12.2 Å². The molecule has 3 unspecified atom stereocenters. The summed E-state index contributed by atoms with van der Waals surface area (Å²) in [6, 6.07) is 0. The Balaban J connectivity index is 5.19.